The summed E-state index contributed by atoms with van der Waals surface area (Å²) in [6.45, 7) is 4.57. The third-order valence-electron chi connectivity index (χ3n) is 2.34. The van der Waals surface area contributed by atoms with Crippen molar-refractivity contribution in [2.75, 3.05) is 19.6 Å². The first-order valence-corrected chi connectivity index (χ1v) is 4.94. The molecule has 0 bridgehead atoms. The van der Waals surface area contributed by atoms with Crippen LogP contribution >= 0.6 is 0 Å². The van der Waals surface area contributed by atoms with Gasteiger partial charge in [-0.3, -0.25) is 4.79 Å². The van der Waals surface area contributed by atoms with Crippen LogP contribution in [0.1, 0.15) is 19.8 Å². The second-order valence-corrected chi connectivity index (χ2v) is 3.34. The molecule has 0 saturated carbocycles. The Morgan fingerprint density at radius 2 is 2.23 bits per heavy atom. The molecule has 1 aliphatic heterocycles. The molecule has 0 radical (unpaired) electrons. The summed E-state index contributed by atoms with van der Waals surface area (Å²) in [7, 11) is 0. The Kier molecular flexibility index (Phi) is 4.54. The fourth-order valence-electron chi connectivity index (χ4n) is 1.51. The van der Waals surface area contributed by atoms with Crippen molar-refractivity contribution in [3.05, 3.63) is 12.2 Å². The van der Waals surface area contributed by atoms with Crippen LogP contribution in [0, 0.1) is 5.92 Å². The first-order chi connectivity index (χ1) is 6.34. The van der Waals surface area contributed by atoms with Crippen LogP contribution < -0.4 is 10.6 Å². The summed E-state index contributed by atoms with van der Waals surface area (Å²) in [5, 5.41) is 6.14. The van der Waals surface area contributed by atoms with Crippen LogP contribution in [0.25, 0.3) is 0 Å². The molecule has 1 amide bonds. The Bertz CT molecular complexity index is 183. The molecule has 0 unspecified atom stereocenters. The lowest BCUT2D eigenvalue weighted by Gasteiger charge is -2.21. The molecule has 3 nitrogen and oxygen atoms in total. The standard InChI is InChI=1S/C10H18N2O/c1-2-3-6-12-10(13)9-4-7-11-8-5-9/h2-3,9,11H,4-8H2,1H3,(H,12,13)/b3-2+. The van der Waals surface area contributed by atoms with Gasteiger partial charge in [-0.05, 0) is 32.9 Å². The van der Waals surface area contributed by atoms with E-state index in [0.717, 1.165) is 25.9 Å². The minimum atomic E-state index is 0.208. The van der Waals surface area contributed by atoms with E-state index in [1.807, 2.05) is 19.1 Å². The smallest absolute Gasteiger partial charge is 0.223 e. The number of hydrogen-bond donors (Lipinski definition) is 2. The van der Waals surface area contributed by atoms with Gasteiger partial charge in [0.2, 0.25) is 5.91 Å². The molecule has 1 aliphatic rings. The van der Waals surface area contributed by atoms with Crippen molar-refractivity contribution >= 4 is 5.91 Å². The predicted molar refractivity (Wildman–Crippen MR) is 53.4 cm³/mol. The first-order valence-electron chi connectivity index (χ1n) is 4.94. The van der Waals surface area contributed by atoms with E-state index in [1.165, 1.54) is 0 Å². The largest absolute Gasteiger partial charge is 0.352 e. The van der Waals surface area contributed by atoms with Gasteiger partial charge in [0.1, 0.15) is 0 Å². The molecule has 0 aromatic rings. The van der Waals surface area contributed by atoms with Gasteiger partial charge in [0.15, 0.2) is 0 Å². The normalized spacial score (nSPS) is 19.2. The highest BCUT2D eigenvalue weighted by Crippen LogP contribution is 2.10. The van der Waals surface area contributed by atoms with E-state index < -0.39 is 0 Å². The number of hydrogen-bond acceptors (Lipinski definition) is 2. The molecule has 1 rings (SSSR count). The number of allylic oxidation sites excluding steroid dienone is 1. The van der Waals surface area contributed by atoms with Crippen LogP contribution in [0.4, 0.5) is 0 Å². The molecule has 13 heavy (non-hydrogen) atoms. The van der Waals surface area contributed by atoms with Crippen molar-refractivity contribution in [3.63, 3.8) is 0 Å². The summed E-state index contributed by atoms with van der Waals surface area (Å²) < 4.78 is 0. The minimum Gasteiger partial charge on any atom is -0.352 e. The summed E-state index contributed by atoms with van der Waals surface area (Å²) in [6.07, 6.45) is 5.85. The molecular weight excluding hydrogens is 164 g/mol. The van der Waals surface area contributed by atoms with Gasteiger partial charge in [-0.2, -0.15) is 0 Å². The SMILES string of the molecule is C/C=C/CNC(=O)C1CCNCC1. The maximum Gasteiger partial charge on any atom is 0.223 e. The summed E-state index contributed by atoms with van der Waals surface area (Å²) in [5.74, 6) is 0.436. The second kappa shape index (κ2) is 5.75. The van der Waals surface area contributed by atoms with Gasteiger partial charge in [0.25, 0.3) is 0 Å². The second-order valence-electron chi connectivity index (χ2n) is 3.34. The number of carbonyl (C=O) groups is 1. The van der Waals surface area contributed by atoms with Crippen LogP contribution in [0.2, 0.25) is 0 Å². The highest BCUT2D eigenvalue weighted by Gasteiger charge is 2.19. The van der Waals surface area contributed by atoms with Crippen molar-refractivity contribution < 1.29 is 4.79 Å². The quantitative estimate of drug-likeness (QED) is 0.630. The Balaban J connectivity index is 2.21. The van der Waals surface area contributed by atoms with Gasteiger partial charge in [-0.15, -0.1) is 0 Å². The highest BCUT2D eigenvalue weighted by atomic mass is 16.1. The molecule has 1 saturated heterocycles. The molecule has 1 fully saturated rings. The van der Waals surface area contributed by atoms with E-state index in [-0.39, 0.29) is 11.8 Å². The van der Waals surface area contributed by atoms with Crippen molar-refractivity contribution in [2.45, 2.75) is 19.8 Å². The summed E-state index contributed by atoms with van der Waals surface area (Å²) >= 11 is 0. The topological polar surface area (TPSA) is 41.1 Å². The molecule has 2 N–H and O–H groups in total. The van der Waals surface area contributed by atoms with Crippen LogP contribution in [0.5, 0.6) is 0 Å². The zero-order chi connectivity index (χ0) is 9.52. The zero-order valence-electron chi connectivity index (χ0n) is 8.18. The first kappa shape index (κ1) is 10.3. The third kappa shape index (κ3) is 3.59. The molecule has 1 heterocycles. The van der Waals surface area contributed by atoms with E-state index in [4.69, 9.17) is 0 Å². The lowest BCUT2D eigenvalue weighted by molar-refractivity contribution is -0.125. The molecule has 3 heteroatoms. The maximum atomic E-state index is 11.5. The average molecular weight is 182 g/mol. The molecule has 0 aromatic carbocycles. The van der Waals surface area contributed by atoms with Gasteiger partial charge < -0.3 is 10.6 Å². The molecular formula is C10H18N2O. The Morgan fingerprint density at radius 1 is 1.54 bits per heavy atom. The summed E-state index contributed by atoms with van der Waals surface area (Å²) in [5.41, 5.74) is 0. The van der Waals surface area contributed by atoms with E-state index >= 15 is 0 Å². The zero-order valence-corrected chi connectivity index (χ0v) is 8.18. The van der Waals surface area contributed by atoms with Crippen LogP contribution in [0.15, 0.2) is 12.2 Å². The Morgan fingerprint density at radius 3 is 2.85 bits per heavy atom. The predicted octanol–water partition coefficient (Wildman–Crippen LogP) is 0.678. The van der Waals surface area contributed by atoms with Gasteiger partial charge in [-0.25, -0.2) is 0 Å². The van der Waals surface area contributed by atoms with Crippen molar-refractivity contribution in [1.29, 1.82) is 0 Å². The summed E-state index contributed by atoms with van der Waals surface area (Å²) in [4.78, 5) is 11.5. The number of piperidine rings is 1. The molecule has 0 aliphatic carbocycles. The number of nitrogens with one attached hydrogen (secondary N) is 2. The Labute approximate surface area is 79.6 Å². The molecule has 0 atom stereocenters. The number of carbonyl (C=O) groups excluding carboxylic acids is 1. The van der Waals surface area contributed by atoms with E-state index in [1.54, 1.807) is 0 Å². The van der Waals surface area contributed by atoms with Gasteiger partial charge >= 0.3 is 0 Å². The fraction of sp³-hybridized carbons (Fsp3) is 0.700. The monoisotopic (exact) mass is 182 g/mol. The van der Waals surface area contributed by atoms with Gasteiger partial charge in [-0.1, -0.05) is 12.2 Å². The lowest BCUT2D eigenvalue weighted by Crippen LogP contribution is -2.38. The van der Waals surface area contributed by atoms with Crippen LogP contribution in [-0.4, -0.2) is 25.5 Å². The minimum absolute atomic E-state index is 0.208. The molecule has 74 valence electrons. The number of rotatable bonds is 3. The fourth-order valence-corrected chi connectivity index (χ4v) is 1.51. The van der Waals surface area contributed by atoms with Crippen molar-refractivity contribution in [1.82, 2.24) is 10.6 Å². The lowest BCUT2D eigenvalue weighted by atomic mass is 9.97. The van der Waals surface area contributed by atoms with Crippen molar-refractivity contribution in [2.24, 2.45) is 5.92 Å². The molecule has 0 spiro atoms. The summed E-state index contributed by atoms with van der Waals surface area (Å²) in [6, 6.07) is 0. The third-order valence-corrected chi connectivity index (χ3v) is 2.34. The van der Waals surface area contributed by atoms with E-state index in [0.29, 0.717) is 6.54 Å². The highest BCUT2D eigenvalue weighted by molar-refractivity contribution is 5.78. The van der Waals surface area contributed by atoms with Crippen molar-refractivity contribution in [3.8, 4) is 0 Å². The van der Waals surface area contributed by atoms with E-state index in [2.05, 4.69) is 10.6 Å². The van der Waals surface area contributed by atoms with Gasteiger partial charge in [0, 0.05) is 12.5 Å². The van der Waals surface area contributed by atoms with Crippen LogP contribution in [-0.2, 0) is 4.79 Å². The maximum absolute atomic E-state index is 11.5. The van der Waals surface area contributed by atoms with Crippen LogP contribution in [0.3, 0.4) is 0 Å². The molecule has 0 aromatic heterocycles. The Hall–Kier alpha value is -0.830. The number of amides is 1. The van der Waals surface area contributed by atoms with Gasteiger partial charge in [0.05, 0.1) is 0 Å². The average Bonchev–Trinajstić information content (AvgIpc) is 2.19. The van der Waals surface area contributed by atoms with E-state index in [9.17, 15) is 4.79 Å².